The molecule has 4 rings (SSSR count). The predicted molar refractivity (Wildman–Crippen MR) is 123 cm³/mol. The zero-order valence-corrected chi connectivity index (χ0v) is 19.2. The van der Waals surface area contributed by atoms with E-state index in [2.05, 4.69) is 20.2 Å². The lowest BCUT2D eigenvalue weighted by Gasteiger charge is -2.12. The molecule has 182 valence electrons. The normalized spacial score (nSPS) is 11.5. The highest BCUT2D eigenvalue weighted by Gasteiger charge is 2.33. The highest BCUT2D eigenvalue weighted by molar-refractivity contribution is 6.31. The van der Waals surface area contributed by atoms with Crippen LogP contribution < -0.4 is 15.0 Å². The van der Waals surface area contributed by atoms with Crippen molar-refractivity contribution in [2.45, 2.75) is 25.9 Å². The smallest absolute Gasteiger partial charge is 0.417 e. The van der Waals surface area contributed by atoms with Crippen molar-refractivity contribution in [2.24, 2.45) is 0 Å². The standard InChI is InChI=1S/C24H20ClF3N4O3/c1-14-10-17(32-31-14)11-16-13-29-23(30-22(16)33)34-9-8-15-2-4-18(5-3-15)35-19-6-7-21(25)20(12-19)24(26,27)28/h2-7,10,12-13H,8-9,11H2,1H3,(H,31,32)(H,29,30,33). The number of hydrogen-bond donors (Lipinski definition) is 2. The Morgan fingerprint density at radius 2 is 1.80 bits per heavy atom. The molecule has 4 aromatic rings. The zero-order chi connectivity index (χ0) is 25.0. The maximum atomic E-state index is 13.0. The first-order chi connectivity index (χ1) is 16.7. The third-order valence-electron chi connectivity index (χ3n) is 5.01. The van der Waals surface area contributed by atoms with Crippen LogP contribution in [0.5, 0.6) is 17.5 Å². The molecule has 0 atom stereocenters. The van der Waals surface area contributed by atoms with Gasteiger partial charge in [0.25, 0.3) is 11.6 Å². The van der Waals surface area contributed by atoms with E-state index in [0.29, 0.717) is 24.2 Å². The van der Waals surface area contributed by atoms with Crippen molar-refractivity contribution in [1.29, 1.82) is 0 Å². The van der Waals surface area contributed by atoms with Crippen LogP contribution in [-0.4, -0.2) is 26.8 Å². The summed E-state index contributed by atoms with van der Waals surface area (Å²) in [6.07, 6.45) is -2.24. The molecule has 2 N–H and O–H groups in total. The van der Waals surface area contributed by atoms with Gasteiger partial charge in [0.1, 0.15) is 11.5 Å². The first-order valence-electron chi connectivity index (χ1n) is 10.5. The molecule has 0 unspecified atom stereocenters. The lowest BCUT2D eigenvalue weighted by atomic mass is 10.1. The molecular formula is C24H20ClF3N4O3. The summed E-state index contributed by atoms with van der Waals surface area (Å²) < 4.78 is 50.1. The number of ether oxygens (including phenoxy) is 2. The molecule has 0 spiro atoms. The quantitative estimate of drug-likeness (QED) is 0.331. The van der Waals surface area contributed by atoms with Crippen LogP contribution in [0.3, 0.4) is 0 Å². The number of benzene rings is 2. The Labute approximate surface area is 202 Å². The molecular weight excluding hydrogens is 485 g/mol. The number of H-pyrrole nitrogens is 2. The van der Waals surface area contributed by atoms with Gasteiger partial charge in [-0.05, 0) is 48.9 Å². The number of rotatable bonds is 8. The number of aryl methyl sites for hydroxylation is 1. The molecule has 7 nitrogen and oxygen atoms in total. The van der Waals surface area contributed by atoms with Gasteiger partial charge in [0, 0.05) is 30.3 Å². The first kappa shape index (κ1) is 24.3. The van der Waals surface area contributed by atoms with E-state index in [0.717, 1.165) is 29.1 Å². The van der Waals surface area contributed by atoms with Crippen molar-refractivity contribution in [3.8, 4) is 17.5 Å². The molecule has 0 aliphatic carbocycles. The average Bonchev–Trinajstić information content (AvgIpc) is 3.22. The van der Waals surface area contributed by atoms with Gasteiger partial charge in [-0.3, -0.25) is 14.9 Å². The molecule has 2 heterocycles. The van der Waals surface area contributed by atoms with Crippen LogP contribution in [0.15, 0.2) is 59.5 Å². The number of aromatic nitrogens is 4. The number of hydrogen-bond acceptors (Lipinski definition) is 5. The Kier molecular flexibility index (Phi) is 7.11. The van der Waals surface area contributed by atoms with E-state index in [1.807, 2.05) is 13.0 Å². The number of halogens is 4. The number of aromatic amines is 2. The van der Waals surface area contributed by atoms with Crippen molar-refractivity contribution in [3.63, 3.8) is 0 Å². The maximum absolute atomic E-state index is 13.0. The van der Waals surface area contributed by atoms with Crippen molar-refractivity contribution in [2.75, 3.05) is 6.61 Å². The molecule has 0 fully saturated rings. The van der Waals surface area contributed by atoms with E-state index < -0.39 is 16.8 Å². The van der Waals surface area contributed by atoms with E-state index >= 15 is 0 Å². The average molecular weight is 505 g/mol. The van der Waals surface area contributed by atoms with Gasteiger partial charge in [-0.1, -0.05) is 23.7 Å². The maximum Gasteiger partial charge on any atom is 0.417 e. The third-order valence-corrected chi connectivity index (χ3v) is 5.34. The second kappa shape index (κ2) is 10.2. The Morgan fingerprint density at radius 1 is 1.06 bits per heavy atom. The van der Waals surface area contributed by atoms with E-state index in [-0.39, 0.29) is 23.9 Å². The topological polar surface area (TPSA) is 92.9 Å². The molecule has 0 radical (unpaired) electrons. The lowest BCUT2D eigenvalue weighted by molar-refractivity contribution is -0.137. The molecule has 0 saturated carbocycles. The highest BCUT2D eigenvalue weighted by Crippen LogP contribution is 2.37. The summed E-state index contributed by atoms with van der Waals surface area (Å²) in [6.45, 7) is 2.14. The number of alkyl halides is 3. The van der Waals surface area contributed by atoms with Crippen LogP contribution in [-0.2, 0) is 19.0 Å². The fourth-order valence-corrected chi connectivity index (χ4v) is 3.50. The van der Waals surface area contributed by atoms with Crippen LogP contribution >= 0.6 is 11.6 Å². The molecule has 35 heavy (non-hydrogen) atoms. The van der Waals surface area contributed by atoms with Crippen molar-refractivity contribution in [1.82, 2.24) is 20.2 Å². The van der Waals surface area contributed by atoms with Crippen LogP contribution in [0.25, 0.3) is 0 Å². The minimum atomic E-state index is -4.57. The molecule has 2 aromatic carbocycles. The van der Waals surface area contributed by atoms with Gasteiger partial charge >= 0.3 is 6.18 Å². The van der Waals surface area contributed by atoms with Gasteiger partial charge in [0.2, 0.25) is 0 Å². The molecule has 11 heteroatoms. The van der Waals surface area contributed by atoms with Crippen LogP contribution in [0.4, 0.5) is 13.2 Å². The van der Waals surface area contributed by atoms with Gasteiger partial charge in [-0.15, -0.1) is 0 Å². The van der Waals surface area contributed by atoms with Gasteiger partial charge in [0.15, 0.2) is 0 Å². The first-order valence-corrected chi connectivity index (χ1v) is 10.9. The zero-order valence-electron chi connectivity index (χ0n) is 18.4. The van der Waals surface area contributed by atoms with Crippen molar-refractivity contribution >= 4 is 11.6 Å². The highest BCUT2D eigenvalue weighted by atomic mass is 35.5. The van der Waals surface area contributed by atoms with Crippen molar-refractivity contribution < 1.29 is 22.6 Å². The van der Waals surface area contributed by atoms with E-state index in [9.17, 15) is 18.0 Å². The number of nitrogens with one attached hydrogen (secondary N) is 2. The van der Waals surface area contributed by atoms with Crippen LogP contribution in [0, 0.1) is 6.92 Å². The summed E-state index contributed by atoms with van der Waals surface area (Å²) in [5.41, 5.74) is 1.77. The van der Waals surface area contributed by atoms with Crippen LogP contribution in [0.2, 0.25) is 5.02 Å². The summed E-state index contributed by atoms with van der Waals surface area (Å²) in [7, 11) is 0. The number of nitrogens with zero attached hydrogens (tertiary/aromatic N) is 2. The van der Waals surface area contributed by atoms with Gasteiger partial charge < -0.3 is 9.47 Å². The third kappa shape index (κ3) is 6.42. The van der Waals surface area contributed by atoms with Crippen LogP contribution in [0.1, 0.15) is 28.1 Å². The van der Waals surface area contributed by atoms with Gasteiger partial charge in [-0.25, -0.2) is 4.98 Å². The SMILES string of the molecule is Cc1cc(Cc2cnc(OCCc3ccc(Oc4ccc(Cl)c(C(F)(F)F)c4)cc3)[nH]c2=O)n[nH]1. The molecule has 0 bridgehead atoms. The molecule has 0 aliphatic rings. The second-order valence-corrected chi connectivity index (χ2v) is 8.15. The summed E-state index contributed by atoms with van der Waals surface area (Å²) in [5, 5.41) is 6.54. The minimum Gasteiger partial charge on any atom is -0.464 e. The molecule has 0 amide bonds. The van der Waals surface area contributed by atoms with Gasteiger partial charge in [0.05, 0.1) is 22.9 Å². The summed E-state index contributed by atoms with van der Waals surface area (Å²) >= 11 is 5.63. The minimum absolute atomic E-state index is 0.0266. The fourth-order valence-electron chi connectivity index (χ4n) is 3.28. The summed E-state index contributed by atoms with van der Waals surface area (Å²) in [6, 6.07) is 12.2. The Morgan fingerprint density at radius 3 is 2.46 bits per heavy atom. The van der Waals surface area contributed by atoms with Gasteiger partial charge in [-0.2, -0.15) is 18.3 Å². The second-order valence-electron chi connectivity index (χ2n) is 7.75. The van der Waals surface area contributed by atoms with Crippen molar-refractivity contribution in [3.05, 3.63) is 98.2 Å². The Hall–Kier alpha value is -3.79. The Bertz CT molecular complexity index is 1370. The lowest BCUT2D eigenvalue weighted by Crippen LogP contribution is -2.16. The van der Waals surface area contributed by atoms with E-state index in [1.165, 1.54) is 12.3 Å². The fraction of sp³-hybridized carbons (Fsp3) is 0.208. The molecule has 0 aliphatic heterocycles. The summed E-state index contributed by atoms with van der Waals surface area (Å²) in [4.78, 5) is 19.0. The van der Waals surface area contributed by atoms with E-state index in [4.69, 9.17) is 21.1 Å². The summed E-state index contributed by atoms with van der Waals surface area (Å²) in [5.74, 6) is 0.400. The predicted octanol–water partition coefficient (Wildman–Crippen LogP) is 5.48. The molecule has 0 saturated heterocycles. The Balaban J connectivity index is 1.30. The molecule has 2 aromatic heterocycles. The largest absolute Gasteiger partial charge is 0.464 e. The monoisotopic (exact) mass is 504 g/mol. The van der Waals surface area contributed by atoms with E-state index in [1.54, 1.807) is 24.3 Å².